The van der Waals surface area contributed by atoms with Crippen molar-refractivity contribution in [2.24, 2.45) is 10.9 Å². The molecule has 1 amide bonds. The molecule has 0 spiro atoms. The van der Waals surface area contributed by atoms with Gasteiger partial charge in [-0.1, -0.05) is 24.3 Å². The van der Waals surface area contributed by atoms with Crippen LogP contribution in [0.25, 0.3) is 0 Å². The number of hydrogen-bond donors (Lipinski definition) is 3. The monoisotopic (exact) mass is 374 g/mol. The first-order valence-corrected chi connectivity index (χ1v) is 9.38. The van der Waals surface area contributed by atoms with Gasteiger partial charge in [0, 0.05) is 19.6 Å². The molecule has 1 aromatic carbocycles. The summed E-state index contributed by atoms with van der Waals surface area (Å²) in [6.45, 7) is 3.15. The number of nitrogens with zero attached hydrogens (tertiary/aromatic N) is 2. The molecule has 0 bridgehead atoms. The van der Waals surface area contributed by atoms with Crippen LogP contribution in [0.2, 0.25) is 0 Å². The Hall–Kier alpha value is -2.61. The molecule has 1 unspecified atom stereocenters. The van der Waals surface area contributed by atoms with Crippen molar-refractivity contribution in [2.45, 2.75) is 32.2 Å². The van der Waals surface area contributed by atoms with Gasteiger partial charge in [-0.05, 0) is 30.4 Å². The highest BCUT2D eigenvalue weighted by Crippen LogP contribution is 2.25. The van der Waals surface area contributed by atoms with Crippen molar-refractivity contribution >= 4 is 17.8 Å². The summed E-state index contributed by atoms with van der Waals surface area (Å²) in [5.74, 6) is -1.04. The SMILES string of the molecule is O=C(O)CC1Cc2ccccc2CN(OCCCNC2=NCCCN2)C1=O. The van der Waals surface area contributed by atoms with Crippen LogP contribution in [0, 0.1) is 5.92 Å². The quantitative estimate of drug-likeness (QED) is 0.614. The third-order valence-corrected chi connectivity index (χ3v) is 4.67. The number of aliphatic carboxylic acids is 1. The summed E-state index contributed by atoms with van der Waals surface area (Å²) in [7, 11) is 0. The number of rotatable bonds is 7. The molecule has 2 heterocycles. The van der Waals surface area contributed by atoms with Crippen LogP contribution in [0.5, 0.6) is 0 Å². The van der Waals surface area contributed by atoms with E-state index < -0.39 is 11.9 Å². The van der Waals surface area contributed by atoms with Crippen LogP contribution in [-0.4, -0.2) is 54.2 Å². The van der Waals surface area contributed by atoms with Gasteiger partial charge in [0.2, 0.25) is 5.91 Å². The highest BCUT2D eigenvalue weighted by Gasteiger charge is 2.31. The molecule has 8 nitrogen and oxygen atoms in total. The third-order valence-electron chi connectivity index (χ3n) is 4.67. The number of carboxylic acid groups (broad SMARTS) is 1. The van der Waals surface area contributed by atoms with Gasteiger partial charge in [0.05, 0.1) is 25.5 Å². The molecule has 2 aliphatic heterocycles. The van der Waals surface area contributed by atoms with E-state index in [9.17, 15) is 9.59 Å². The van der Waals surface area contributed by atoms with Crippen LogP contribution in [0.4, 0.5) is 0 Å². The Morgan fingerprint density at radius 2 is 2.19 bits per heavy atom. The molecule has 0 fully saturated rings. The third kappa shape index (κ3) is 5.43. The van der Waals surface area contributed by atoms with Crippen LogP contribution in [0.3, 0.4) is 0 Å². The van der Waals surface area contributed by atoms with Crippen molar-refractivity contribution in [2.75, 3.05) is 26.2 Å². The van der Waals surface area contributed by atoms with Gasteiger partial charge in [-0.2, -0.15) is 0 Å². The lowest BCUT2D eigenvalue weighted by Crippen LogP contribution is -2.41. The Bertz CT molecular complexity index is 707. The number of carbonyl (C=O) groups excluding carboxylic acids is 1. The van der Waals surface area contributed by atoms with Gasteiger partial charge in [-0.25, -0.2) is 5.06 Å². The van der Waals surface area contributed by atoms with Crippen molar-refractivity contribution in [3.63, 3.8) is 0 Å². The standard InChI is InChI=1S/C19H26N4O4/c24-17(25)12-16-11-14-5-1-2-6-15(14)13-23(18(16)26)27-10-4-9-22-19-20-7-3-8-21-19/h1-2,5-6,16H,3-4,7-13H2,(H,24,25)(H2,20,21,22). The summed E-state index contributed by atoms with van der Waals surface area (Å²) in [6, 6.07) is 7.73. The second kappa shape index (κ2) is 9.36. The fraction of sp³-hybridized carbons (Fsp3) is 0.526. The average Bonchev–Trinajstić information content (AvgIpc) is 2.79. The maximum atomic E-state index is 12.8. The second-order valence-electron chi connectivity index (χ2n) is 6.77. The molecular formula is C19H26N4O4. The van der Waals surface area contributed by atoms with Gasteiger partial charge in [-0.3, -0.25) is 19.4 Å². The molecule has 27 heavy (non-hydrogen) atoms. The number of carbonyl (C=O) groups is 2. The molecular weight excluding hydrogens is 348 g/mol. The molecule has 1 aromatic rings. The molecule has 2 aliphatic rings. The number of fused-ring (bicyclic) bond motifs is 1. The Balaban J connectivity index is 1.55. The molecule has 0 saturated heterocycles. The molecule has 0 aromatic heterocycles. The fourth-order valence-electron chi connectivity index (χ4n) is 3.28. The van der Waals surface area contributed by atoms with E-state index in [4.69, 9.17) is 9.94 Å². The van der Waals surface area contributed by atoms with E-state index in [-0.39, 0.29) is 12.3 Å². The minimum atomic E-state index is -0.974. The van der Waals surface area contributed by atoms with E-state index >= 15 is 0 Å². The fourth-order valence-corrected chi connectivity index (χ4v) is 3.28. The smallest absolute Gasteiger partial charge is 0.304 e. The summed E-state index contributed by atoms with van der Waals surface area (Å²) in [5.41, 5.74) is 2.00. The number of hydroxylamine groups is 2. The first-order chi connectivity index (χ1) is 13.1. The lowest BCUT2D eigenvalue weighted by Gasteiger charge is -2.23. The predicted molar refractivity (Wildman–Crippen MR) is 99.9 cm³/mol. The van der Waals surface area contributed by atoms with Gasteiger partial charge in [0.1, 0.15) is 0 Å². The molecule has 146 valence electrons. The minimum absolute atomic E-state index is 0.194. The number of benzene rings is 1. The number of carboxylic acids is 1. The summed E-state index contributed by atoms with van der Waals surface area (Å²) in [5, 5.41) is 16.9. The molecule has 1 atom stereocenters. The number of aliphatic imine (C=N–C) groups is 1. The van der Waals surface area contributed by atoms with E-state index in [1.807, 2.05) is 24.3 Å². The Kier molecular flexibility index (Phi) is 6.64. The van der Waals surface area contributed by atoms with Gasteiger partial charge in [-0.15, -0.1) is 0 Å². The number of amides is 1. The highest BCUT2D eigenvalue weighted by molar-refractivity contribution is 5.83. The maximum Gasteiger partial charge on any atom is 0.304 e. The predicted octanol–water partition coefficient (Wildman–Crippen LogP) is 0.923. The van der Waals surface area contributed by atoms with Crippen LogP contribution in [0.15, 0.2) is 29.3 Å². The highest BCUT2D eigenvalue weighted by atomic mass is 16.7. The van der Waals surface area contributed by atoms with Crippen molar-refractivity contribution in [3.05, 3.63) is 35.4 Å². The Morgan fingerprint density at radius 1 is 1.37 bits per heavy atom. The average molecular weight is 374 g/mol. The zero-order chi connectivity index (χ0) is 19.1. The first-order valence-electron chi connectivity index (χ1n) is 9.38. The van der Waals surface area contributed by atoms with Crippen molar-refractivity contribution in [3.8, 4) is 0 Å². The van der Waals surface area contributed by atoms with E-state index in [0.717, 1.165) is 36.6 Å². The first kappa shape index (κ1) is 19.2. The largest absolute Gasteiger partial charge is 0.481 e. The van der Waals surface area contributed by atoms with Gasteiger partial charge in [0.25, 0.3) is 0 Å². The van der Waals surface area contributed by atoms with Gasteiger partial charge >= 0.3 is 5.97 Å². The van der Waals surface area contributed by atoms with Crippen molar-refractivity contribution in [1.29, 1.82) is 0 Å². The molecule has 3 rings (SSSR count). The lowest BCUT2D eigenvalue weighted by atomic mass is 9.94. The molecule has 3 N–H and O–H groups in total. The van der Waals surface area contributed by atoms with E-state index in [2.05, 4.69) is 15.6 Å². The zero-order valence-electron chi connectivity index (χ0n) is 15.3. The number of nitrogens with one attached hydrogen (secondary N) is 2. The number of hydrogen-bond acceptors (Lipinski definition) is 6. The summed E-state index contributed by atoms with van der Waals surface area (Å²) >= 11 is 0. The van der Waals surface area contributed by atoms with Crippen molar-refractivity contribution < 1.29 is 19.5 Å². The van der Waals surface area contributed by atoms with Crippen LogP contribution >= 0.6 is 0 Å². The zero-order valence-corrected chi connectivity index (χ0v) is 15.3. The van der Waals surface area contributed by atoms with E-state index in [1.54, 1.807) is 0 Å². The Morgan fingerprint density at radius 3 is 2.93 bits per heavy atom. The summed E-state index contributed by atoms with van der Waals surface area (Å²) < 4.78 is 0. The summed E-state index contributed by atoms with van der Waals surface area (Å²) in [4.78, 5) is 34.0. The topological polar surface area (TPSA) is 103 Å². The molecule has 8 heteroatoms. The van der Waals surface area contributed by atoms with Gasteiger partial charge in [0.15, 0.2) is 5.96 Å². The molecule has 0 radical (unpaired) electrons. The van der Waals surface area contributed by atoms with Gasteiger partial charge < -0.3 is 15.7 Å². The summed E-state index contributed by atoms with van der Waals surface area (Å²) in [6.07, 6.45) is 1.98. The van der Waals surface area contributed by atoms with E-state index in [1.165, 1.54) is 5.06 Å². The van der Waals surface area contributed by atoms with Crippen LogP contribution < -0.4 is 10.6 Å². The minimum Gasteiger partial charge on any atom is -0.481 e. The lowest BCUT2D eigenvalue weighted by molar-refractivity contribution is -0.194. The molecule has 0 aliphatic carbocycles. The van der Waals surface area contributed by atoms with Crippen LogP contribution in [-0.2, 0) is 27.4 Å². The number of guanidine groups is 1. The van der Waals surface area contributed by atoms with Crippen molar-refractivity contribution in [1.82, 2.24) is 15.7 Å². The van der Waals surface area contributed by atoms with Crippen LogP contribution in [0.1, 0.15) is 30.4 Å². The molecule has 0 saturated carbocycles. The Labute approximate surface area is 158 Å². The second-order valence-corrected chi connectivity index (χ2v) is 6.77. The maximum absolute atomic E-state index is 12.8. The van der Waals surface area contributed by atoms with E-state index in [0.29, 0.717) is 32.5 Å². The normalized spacial score (nSPS) is 19.6.